The third-order valence-corrected chi connectivity index (χ3v) is 2.06. The zero-order valence-corrected chi connectivity index (χ0v) is 8.42. The second-order valence-corrected chi connectivity index (χ2v) is 3.50. The summed E-state index contributed by atoms with van der Waals surface area (Å²) < 4.78 is 4.96. The number of nitrogens with one attached hydrogen (secondary N) is 1. The van der Waals surface area contributed by atoms with Gasteiger partial charge >= 0.3 is 0 Å². The molecule has 1 N–H and O–H groups in total. The summed E-state index contributed by atoms with van der Waals surface area (Å²) in [6.07, 6.45) is 4.21. The van der Waals surface area contributed by atoms with Gasteiger partial charge in [-0.25, -0.2) is 0 Å². The Balaban J connectivity index is 2.07. The molecule has 1 aromatic heterocycles. The SMILES string of the molecule is CCCC(C)CNCc1ccno1. The summed E-state index contributed by atoms with van der Waals surface area (Å²) in [5, 5.41) is 6.98. The fraction of sp³-hybridized carbons (Fsp3) is 0.700. The van der Waals surface area contributed by atoms with Crippen LogP contribution in [-0.4, -0.2) is 11.7 Å². The Kier molecular flexibility index (Phi) is 4.54. The van der Waals surface area contributed by atoms with Crippen molar-refractivity contribution in [3.05, 3.63) is 18.0 Å². The maximum Gasteiger partial charge on any atom is 0.150 e. The molecule has 0 fully saturated rings. The van der Waals surface area contributed by atoms with E-state index >= 15 is 0 Å². The van der Waals surface area contributed by atoms with Crippen molar-refractivity contribution in [2.24, 2.45) is 5.92 Å². The Morgan fingerprint density at radius 3 is 3.08 bits per heavy atom. The van der Waals surface area contributed by atoms with Crippen molar-refractivity contribution in [2.75, 3.05) is 6.54 Å². The summed E-state index contributed by atoms with van der Waals surface area (Å²) in [7, 11) is 0. The summed E-state index contributed by atoms with van der Waals surface area (Å²) >= 11 is 0. The minimum atomic E-state index is 0.743. The van der Waals surface area contributed by atoms with E-state index in [1.54, 1.807) is 6.20 Å². The first-order valence-corrected chi connectivity index (χ1v) is 4.93. The minimum absolute atomic E-state index is 0.743. The second-order valence-electron chi connectivity index (χ2n) is 3.50. The van der Waals surface area contributed by atoms with Gasteiger partial charge in [-0.2, -0.15) is 0 Å². The van der Waals surface area contributed by atoms with Crippen LogP contribution in [0.25, 0.3) is 0 Å². The van der Waals surface area contributed by atoms with E-state index in [2.05, 4.69) is 24.3 Å². The Morgan fingerprint density at radius 2 is 2.46 bits per heavy atom. The van der Waals surface area contributed by atoms with Crippen molar-refractivity contribution in [1.82, 2.24) is 10.5 Å². The van der Waals surface area contributed by atoms with Crippen LogP contribution in [0.4, 0.5) is 0 Å². The number of aromatic nitrogens is 1. The lowest BCUT2D eigenvalue weighted by Crippen LogP contribution is -2.20. The first-order valence-electron chi connectivity index (χ1n) is 4.93. The Bertz CT molecular complexity index is 209. The molecule has 0 radical (unpaired) electrons. The lowest BCUT2D eigenvalue weighted by molar-refractivity contribution is 0.365. The molecule has 0 aliphatic heterocycles. The van der Waals surface area contributed by atoms with Crippen LogP contribution < -0.4 is 5.32 Å². The molecule has 0 aliphatic rings. The Hall–Kier alpha value is -0.830. The van der Waals surface area contributed by atoms with E-state index in [1.807, 2.05) is 6.07 Å². The topological polar surface area (TPSA) is 38.1 Å². The van der Waals surface area contributed by atoms with Crippen molar-refractivity contribution in [2.45, 2.75) is 33.2 Å². The molecule has 1 rings (SSSR count). The van der Waals surface area contributed by atoms with Gasteiger partial charge in [-0.15, -0.1) is 0 Å². The average Bonchev–Trinajstić information content (AvgIpc) is 2.57. The number of hydrogen-bond acceptors (Lipinski definition) is 3. The first-order chi connectivity index (χ1) is 6.33. The molecule has 3 heteroatoms. The molecule has 0 saturated carbocycles. The standard InChI is InChI=1S/C10H18N2O/c1-3-4-9(2)7-11-8-10-5-6-12-13-10/h5-6,9,11H,3-4,7-8H2,1-2H3. The van der Waals surface area contributed by atoms with E-state index in [0.717, 1.165) is 24.8 Å². The van der Waals surface area contributed by atoms with E-state index < -0.39 is 0 Å². The molecule has 1 unspecified atom stereocenters. The van der Waals surface area contributed by atoms with Crippen molar-refractivity contribution < 1.29 is 4.52 Å². The summed E-state index contributed by atoms with van der Waals surface area (Å²) in [6.45, 7) is 6.31. The smallest absolute Gasteiger partial charge is 0.150 e. The van der Waals surface area contributed by atoms with Crippen LogP contribution >= 0.6 is 0 Å². The number of hydrogen-bond donors (Lipinski definition) is 1. The van der Waals surface area contributed by atoms with Gasteiger partial charge in [-0.05, 0) is 18.9 Å². The minimum Gasteiger partial charge on any atom is -0.360 e. The molecule has 3 nitrogen and oxygen atoms in total. The number of nitrogens with zero attached hydrogens (tertiary/aromatic N) is 1. The highest BCUT2D eigenvalue weighted by Gasteiger charge is 2.00. The molecular formula is C10H18N2O. The first kappa shape index (κ1) is 10.3. The predicted molar refractivity (Wildman–Crippen MR) is 52.3 cm³/mol. The molecule has 0 aromatic carbocycles. The average molecular weight is 182 g/mol. The van der Waals surface area contributed by atoms with E-state index in [0.29, 0.717) is 0 Å². The lowest BCUT2D eigenvalue weighted by Gasteiger charge is -2.09. The van der Waals surface area contributed by atoms with Crippen molar-refractivity contribution in [1.29, 1.82) is 0 Å². The van der Waals surface area contributed by atoms with Gasteiger partial charge in [0.15, 0.2) is 0 Å². The molecule has 0 spiro atoms. The van der Waals surface area contributed by atoms with Gasteiger partial charge < -0.3 is 9.84 Å². The van der Waals surface area contributed by atoms with Crippen LogP contribution in [0.2, 0.25) is 0 Å². The van der Waals surface area contributed by atoms with E-state index in [-0.39, 0.29) is 0 Å². The lowest BCUT2D eigenvalue weighted by atomic mass is 10.1. The molecule has 1 heterocycles. The van der Waals surface area contributed by atoms with E-state index in [9.17, 15) is 0 Å². The highest BCUT2D eigenvalue weighted by molar-refractivity contribution is 4.91. The molecule has 1 atom stereocenters. The zero-order valence-electron chi connectivity index (χ0n) is 8.42. The predicted octanol–water partition coefficient (Wildman–Crippen LogP) is 2.20. The van der Waals surface area contributed by atoms with Crippen LogP contribution in [0.15, 0.2) is 16.8 Å². The van der Waals surface area contributed by atoms with Gasteiger partial charge in [0.05, 0.1) is 12.7 Å². The molecular weight excluding hydrogens is 164 g/mol. The van der Waals surface area contributed by atoms with Crippen LogP contribution in [0, 0.1) is 5.92 Å². The second kappa shape index (κ2) is 5.75. The fourth-order valence-corrected chi connectivity index (χ4v) is 1.37. The van der Waals surface area contributed by atoms with Gasteiger partial charge in [0.2, 0.25) is 0 Å². The molecule has 13 heavy (non-hydrogen) atoms. The van der Waals surface area contributed by atoms with Crippen LogP contribution in [0.1, 0.15) is 32.4 Å². The summed E-state index contributed by atoms with van der Waals surface area (Å²) in [5.41, 5.74) is 0. The van der Waals surface area contributed by atoms with Crippen molar-refractivity contribution >= 4 is 0 Å². The van der Waals surface area contributed by atoms with Gasteiger partial charge in [-0.3, -0.25) is 0 Å². The summed E-state index contributed by atoms with van der Waals surface area (Å²) in [6, 6.07) is 1.89. The molecule has 0 saturated heterocycles. The van der Waals surface area contributed by atoms with Crippen molar-refractivity contribution in [3.63, 3.8) is 0 Å². The summed E-state index contributed by atoms with van der Waals surface area (Å²) in [5.74, 6) is 1.65. The Morgan fingerprint density at radius 1 is 1.62 bits per heavy atom. The van der Waals surface area contributed by atoms with Gasteiger partial charge in [0.1, 0.15) is 5.76 Å². The number of rotatable bonds is 6. The molecule has 0 aliphatic carbocycles. The van der Waals surface area contributed by atoms with E-state index in [4.69, 9.17) is 4.52 Å². The highest BCUT2D eigenvalue weighted by Crippen LogP contribution is 2.03. The normalized spacial score (nSPS) is 13.1. The zero-order chi connectivity index (χ0) is 9.52. The third kappa shape index (κ3) is 4.08. The fourth-order valence-electron chi connectivity index (χ4n) is 1.37. The van der Waals surface area contributed by atoms with Crippen LogP contribution in [0.3, 0.4) is 0 Å². The Labute approximate surface area is 79.5 Å². The van der Waals surface area contributed by atoms with Crippen LogP contribution in [-0.2, 0) is 6.54 Å². The highest BCUT2D eigenvalue weighted by atomic mass is 16.5. The summed E-state index contributed by atoms with van der Waals surface area (Å²) in [4.78, 5) is 0. The maximum atomic E-state index is 4.96. The van der Waals surface area contributed by atoms with Gasteiger partial charge in [-0.1, -0.05) is 25.4 Å². The molecule has 0 bridgehead atoms. The van der Waals surface area contributed by atoms with Crippen LogP contribution in [0.5, 0.6) is 0 Å². The van der Waals surface area contributed by atoms with Crippen molar-refractivity contribution in [3.8, 4) is 0 Å². The monoisotopic (exact) mass is 182 g/mol. The van der Waals surface area contributed by atoms with Gasteiger partial charge in [0, 0.05) is 6.07 Å². The third-order valence-electron chi connectivity index (χ3n) is 2.06. The van der Waals surface area contributed by atoms with Gasteiger partial charge in [0.25, 0.3) is 0 Å². The quantitative estimate of drug-likeness (QED) is 0.733. The largest absolute Gasteiger partial charge is 0.360 e. The van der Waals surface area contributed by atoms with E-state index in [1.165, 1.54) is 12.8 Å². The molecule has 74 valence electrons. The molecule has 1 aromatic rings. The maximum absolute atomic E-state index is 4.96. The molecule has 0 amide bonds.